The van der Waals surface area contributed by atoms with E-state index in [4.69, 9.17) is 25.5 Å². The SMILES string of the molecule is COc1cc(/C=C/C(=O)N(Cc2nnc(-c3ccc(Cl)cc3)o2)C(C)C)ccc1OCC(C)C. The fourth-order valence-corrected chi connectivity index (χ4v) is 3.24. The molecule has 1 aromatic heterocycles. The molecule has 1 amide bonds. The zero-order valence-electron chi connectivity index (χ0n) is 20.1. The van der Waals surface area contributed by atoms with Gasteiger partial charge in [0, 0.05) is 22.7 Å². The van der Waals surface area contributed by atoms with Crippen LogP contribution in [0.5, 0.6) is 11.5 Å². The van der Waals surface area contributed by atoms with Crippen LogP contribution in [-0.2, 0) is 11.3 Å². The summed E-state index contributed by atoms with van der Waals surface area (Å²) in [6.07, 6.45) is 3.28. The Bertz CT molecular complexity index is 1120. The lowest BCUT2D eigenvalue weighted by atomic mass is 10.1. The van der Waals surface area contributed by atoms with Gasteiger partial charge in [-0.25, -0.2) is 0 Å². The highest BCUT2D eigenvalue weighted by Gasteiger charge is 2.19. The summed E-state index contributed by atoms with van der Waals surface area (Å²) in [5.41, 5.74) is 1.59. The van der Waals surface area contributed by atoms with Crippen molar-refractivity contribution in [3.63, 3.8) is 0 Å². The van der Waals surface area contributed by atoms with E-state index in [0.717, 1.165) is 11.1 Å². The Hall–Kier alpha value is -3.32. The van der Waals surface area contributed by atoms with Crippen LogP contribution in [0.15, 0.2) is 53.0 Å². The first-order valence-electron chi connectivity index (χ1n) is 11.1. The molecule has 0 aliphatic carbocycles. The van der Waals surface area contributed by atoms with Crippen molar-refractivity contribution in [2.45, 2.75) is 40.3 Å². The number of rotatable bonds is 10. The monoisotopic (exact) mass is 483 g/mol. The fraction of sp³-hybridized carbons (Fsp3) is 0.346. The van der Waals surface area contributed by atoms with Gasteiger partial charge in [0.05, 0.1) is 20.3 Å². The number of hydrogen-bond acceptors (Lipinski definition) is 6. The third-order valence-electron chi connectivity index (χ3n) is 4.95. The number of nitrogens with zero attached hydrogens (tertiary/aromatic N) is 3. The zero-order chi connectivity index (χ0) is 24.7. The van der Waals surface area contributed by atoms with Crippen molar-refractivity contribution in [1.29, 1.82) is 0 Å². The summed E-state index contributed by atoms with van der Waals surface area (Å²) >= 11 is 5.94. The molecule has 180 valence electrons. The molecule has 3 aromatic rings. The molecule has 3 rings (SSSR count). The molecule has 0 atom stereocenters. The van der Waals surface area contributed by atoms with E-state index in [9.17, 15) is 4.79 Å². The lowest BCUT2D eigenvalue weighted by Gasteiger charge is -2.23. The minimum atomic E-state index is -0.166. The largest absolute Gasteiger partial charge is 0.493 e. The first-order chi connectivity index (χ1) is 16.3. The van der Waals surface area contributed by atoms with Gasteiger partial charge in [-0.3, -0.25) is 4.79 Å². The molecule has 0 aliphatic heterocycles. The van der Waals surface area contributed by atoms with Crippen molar-refractivity contribution >= 4 is 23.6 Å². The highest BCUT2D eigenvalue weighted by molar-refractivity contribution is 6.30. The van der Waals surface area contributed by atoms with Crippen LogP contribution in [0.2, 0.25) is 5.02 Å². The number of hydrogen-bond donors (Lipinski definition) is 0. The summed E-state index contributed by atoms with van der Waals surface area (Å²) in [5.74, 6) is 2.28. The molecule has 0 fully saturated rings. The van der Waals surface area contributed by atoms with E-state index in [1.165, 1.54) is 6.08 Å². The number of carbonyl (C=O) groups is 1. The van der Waals surface area contributed by atoms with Crippen LogP contribution in [0.25, 0.3) is 17.5 Å². The molecule has 0 N–H and O–H groups in total. The van der Waals surface area contributed by atoms with Crippen LogP contribution < -0.4 is 9.47 Å². The topological polar surface area (TPSA) is 77.7 Å². The predicted molar refractivity (Wildman–Crippen MR) is 133 cm³/mol. The van der Waals surface area contributed by atoms with E-state index in [0.29, 0.717) is 40.8 Å². The zero-order valence-corrected chi connectivity index (χ0v) is 20.9. The lowest BCUT2D eigenvalue weighted by molar-refractivity contribution is -0.128. The van der Waals surface area contributed by atoms with Crippen LogP contribution in [-0.4, -0.2) is 40.8 Å². The molecule has 0 bridgehead atoms. The Balaban J connectivity index is 1.70. The molecule has 0 saturated heterocycles. The van der Waals surface area contributed by atoms with Gasteiger partial charge in [0.1, 0.15) is 0 Å². The number of benzene rings is 2. The molecule has 1 heterocycles. The molecule has 7 nitrogen and oxygen atoms in total. The van der Waals surface area contributed by atoms with E-state index >= 15 is 0 Å². The molecule has 0 spiro atoms. The average molecular weight is 484 g/mol. The standard InChI is InChI=1S/C26H30ClN3O4/c1-17(2)16-33-22-12-6-19(14-23(22)32-5)7-13-25(31)30(18(3)4)15-24-28-29-26(34-24)20-8-10-21(27)11-9-20/h6-14,17-18H,15-16H2,1-5H3/b13-7+. The number of aromatic nitrogens is 2. The van der Waals surface area contributed by atoms with E-state index in [1.807, 2.05) is 32.0 Å². The van der Waals surface area contributed by atoms with Crippen molar-refractivity contribution in [1.82, 2.24) is 15.1 Å². The molecular weight excluding hydrogens is 454 g/mol. The second-order valence-corrected chi connectivity index (χ2v) is 8.95. The van der Waals surface area contributed by atoms with Crippen molar-refractivity contribution in [3.05, 3.63) is 65.0 Å². The van der Waals surface area contributed by atoms with Crippen molar-refractivity contribution in [2.75, 3.05) is 13.7 Å². The minimum Gasteiger partial charge on any atom is -0.493 e. The van der Waals surface area contributed by atoms with Crippen LogP contribution in [0.3, 0.4) is 0 Å². The summed E-state index contributed by atoms with van der Waals surface area (Å²) in [7, 11) is 1.60. The normalized spacial score (nSPS) is 11.4. The van der Waals surface area contributed by atoms with Gasteiger partial charge >= 0.3 is 0 Å². The first kappa shape index (κ1) is 25.3. The molecule has 0 saturated carbocycles. The van der Waals surface area contributed by atoms with Gasteiger partial charge < -0.3 is 18.8 Å². The van der Waals surface area contributed by atoms with Gasteiger partial charge in [-0.1, -0.05) is 31.5 Å². The summed E-state index contributed by atoms with van der Waals surface area (Å²) in [5, 5.41) is 8.82. The van der Waals surface area contributed by atoms with Crippen LogP contribution in [0, 0.1) is 5.92 Å². The van der Waals surface area contributed by atoms with E-state index < -0.39 is 0 Å². The highest BCUT2D eigenvalue weighted by Crippen LogP contribution is 2.29. The molecule has 0 unspecified atom stereocenters. The second-order valence-electron chi connectivity index (χ2n) is 8.52. The van der Waals surface area contributed by atoms with Gasteiger partial charge in [0.2, 0.25) is 17.7 Å². The van der Waals surface area contributed by atoms with Crippen molar-refractivity contribution in [2.24, 2.45) is 5.92 Å². The first-order valence-corrected chi connectivity index (χ1v) is 11.5. The number of halogens is 1. The lowest BCUT2D eigenvalue weighted by Crippen LogP contribution is -2.35. The Labute approximate surface area is 205 Å². The predicted octanol–water partition coefficient (Wildman–Crippen LogP) is 5.88. The number of amides is 1. The number of ether oxygens (including phenoxy) is 2. The maximum atomic E-state index is 13.0. The minimum absolute atomic E-state index is 0.0654. The molecule has 0 aliphatic rings. The molecular formula is C26H30ClN3O4. The van der Waals surface area contributed by atoms with Crippen molar-refractivity contribution in [3.8, 4) is 23.0 Å². The van der Waals surface area contributed by atoms with Crippen LogP contribution in [0.1, 0.15) is 39.1 Å². The Morgan fingerprint density at radius 3 is 2.47 bits per heavy atom. The summed E-state index contributed by atoms with van der Waals surface area (Å²) < 4.78 is 17.0. The smallest absolute Gasteiger partial charge is 0.247 e. The summed E-state index contributed by atoms with van der Waals surface area (Å²) in [6.45, 7) is 8.85. The maximum absolute atomic E-state index is 13.0. The third kappa shape index (κ3) is 6.84. The maximum Gasteiger partial charge on any atom is 0.247 e. The average Bonchev–Trinajstić information content (AvgIpc) is 3.28. The quantitative estimate of drug-likeness (QED) is 0.335. The summed E-state index contributed by atoms with van der Waals surface area (Å²) in [6, 6.07) is 12.6. The second kappa shape index (κ2) is 11.7. The third-order valence-corrected chi connectivity index (χ3v) is 5.20. The van der Waals surface area contributed by atoms with E-state index in [1.54, 1.807) is 42.4 Å². The van der Waals surface area contributed by atoms with Crippen molar-refractivity contribution < 1.29 is 18.7 Å². The molecule has 2 aromatic carbocycles. The molecule has 8 heteroatoms. The number of carbonyl (C=O) groups excluding carboxylic acids is 1. The van der Waals surface area contributed by atoms with Gasteiger partial charge in [-0.2, -0.15) is 0 Å². The fourth-order valence-electron chi connectivity index (χ4n) is 3.11. The highest BCUT2D eigenvalue weighted by atomic mass is 35.5. The van der Waals surface area contributed by atoms with Gasteiger partial charge in [0.15, 0.2) is 11.5 Å². The van der Waals surface area contributed by atoms with E-state index in [-0.39, 0.29) is 18.5 Å². The van der Waals surface area contributed by atoms with Gasteiger partial charge in [-0.15, -0.1) is 10.2 Å². The Morgan fingerprint density at radius 2 is 1.82 bits per heavy atom. The van der Waals surface area contributed by atoms with Gasteiger partial charge in [-0.05, 0) is 67.8 Å². The van der Waals surface area contributed by atoms with Crippen LogP contribution in [0.4, 0.5) is 0 Å². The molecule has 0 radical (unpaired) electrons. The number of methoxy groups -OCH3 is 1. The van der Waals surface area contributed by atoms with E-state index in [2.05, 4.69) is 24.0 Å². The van der Waals surface area contributed by atoms with Gasteiger partial charge in [0.25, 0.3) is 0 Å². The summed E-state index contributed by atoms with van der Waals surface area (Å²) in [4.78, 5) is 14.6. The molecule has 34 heavy (non-hydrogen) atoms. The Kier molecular flexibility index (Phi) is 8.71. The van der Waals surface area contributed by atoms with Crippen LogP contribution >= 0.6 is 11.6 Å². The Morgan fingerprint density at radius 1 is 1.09 bits per heavy atom.